The number of ether oxygens (including phenoxy) is 1. The van der Waals surface area contributed by atoms with E-state index in [0.717, 1.165) is 37.4 Å². The quantitative estimate of drug-likeness (QED) is 0.854. The lowest BCUT2D eigenvalue weighted by Crippen LogP contribution is -2.26. The molecule has 1 aliphatic rings. The van der Waals surface area contributed by atoms with E-state index in [4.69, 9.17) is 9.84 Å². The third kappa shape index (κ3) is 4.24. The smallest absolute Gasteiger partial charge is 0.303 e. The Morgan fingerprint density at radius 1 is 1.47 bits per heavy atom. The number of aryl methyl sites for hydroxylation is 1. The van der Waals surface area contributed by atoms with Gasteiger partial charge in [0.1, 0.15) is 12.4 Å². The predicted molar refractivity (Wildman–Crippen MR) is 73.5 cm³/mol. The molecule has 1 atom stereocenters. The highest BCUT2D eigenvalue weighted by atomic mass is 16.5. The van der Waals surface area contributed by atoms with E-state index < -0.39 is 5.97 Å². The van der Waals surface area contributed by atoms with Gasteiger partial charge in [0.15, 0.2) is 0 Å². The first-order valence-electron chi connectivity index (χ1n) is 6.77. The van der Waals surface area contributed by atoms with Gasteiger partial charge in [-0.1, -0.05) is 18.2 Å². The summed E-state index contributed by atoms with van der Waals surface area (Å²) in [5.74, 6) is 0.544. The van der Waals surface area contributed by atoms with Crippen molar-refractivity contribution >= 4 is 5.97 Å². The van der Waals surface area contributed by atoms with E-state index in [-0.39, 0.29) is 6.42 Å². The van der Waals surface area contributed by atoms with Crippen LogP contribution in [0.3, 0.4) is 0 Å². The van der Waals surface area contributed by atoms with Gasteiger partial charge in [0.2, 0.25) is 0 Å². The zero-order chi connectivity index (χ0) is 13.7. The van der Waals surface area contributed by atoms with Crippen molar-refractivity contribution in [3.63, 3.8) is 0 Å². The van der Waals surface area contributed by atoms with Crippen LogP contribution in [0, 0.1) is 12.8 Å². The molecule has 0 aromatic heterocycles. The van der Waals surface area contributed by atoms with Crippen molar-refractivity contribution in [3.05, 3.63) is 29.8 Å². The molecular formula is C15H21NO3. The molecule has 0 radical (unpaired) electrons. The van der Waals surface area contributed by atoms with Gasteiger partial charge in [-0.05, 0) is 37.4 Å². The summed E-state index contributed by atoms with van der Waals surface area (Å²) in [5.41, 5.74) is 1.15. The second-order valence-electron chi connectivity index (χ2n) is 5.17. The van der Waals surface area contributed by atoms with Crippen LogP contribution >= 0.6 is 0 Å². The number of benzene rings is 1. The second kappa shape index (κ2) is 6.57. The number of likely N-dealkylation sites (tertiary alicyclic amines) is 1. The van der Waals surface area contributed by atoms with Crippen LogP contribution in [-0.4, -0.2) is 42.2 Å². The van der Waals surface area contributed by atoms with Crippen molar-refractivity contribution in [3.8, 4) is 5.75 Å². The number of carbonyl (C=O) groups is 1. The largest absolute Gasteiger partial charge is 0.492 e. The number of hydrogen-bond donors (Lipinski definition) is 1. The molecule has 1 unspecified atom stereocenters. The second-order valence-corrected chi connectivity index (χ2v) is 5.17. The standard InChI is InChI=1S/C15H21NO3/c1-12-4-2-3-5-14(12)19-9-8-16-7-6-13(11-16)10-15(17)18/h2-5,13H,6-11H2,1H3,(H,17,18). The average molecular weight is 263 g/mol. The number of rotatable bonds is 6. The minimum absolute atomic E-state index is 0.287. The molecule has 1 N–H and O–H groups in total. The molecule has 4 heteroatoms. The van der Waals surface area contributed by atoms with Crippen LogP contribution in [0.4, 0.5) is 0 Å². The number of carboxylic acids is 1. The van der Waals surface area contributed by atoms with E-state index in [1.165, 1.54) is 0 Å². The normalized spacial score (nSPS) is 19.5. The molecule has 0 saturated carbocycles. The molecule has 2 rings (SSSR count). The Morgan fingerprint density at radius 3 is 3.00 bits per heavy atom. The number of aliphatic carboxylic acids is 1. The first-order valence-corrected chi connectivity index (χ1v) is 6.77. The highest BCUT2D eigenvalue weighted by Gasteiger charge is 2.24. The lowest BCUT2D eigenvalue weighted by molar-refractivity contribution is -0.138. The Morgan fingerprint density at radius 2 is 2.26 bits per heavy atom. The third-order valence-corrected chi connectivity index (χ3v) is 3.59. The van der Waals surface area contributed by atoms with Crippen LogP contribution in [-0.2, 0) is 4.79 Å². The van der Waals surface area contributed by atoms with E-state index in [1.807, 2.05) is 31.2 Å². The molecule has 1 heterocycles. The molecule has 0 spiro atoms. The van der Waals surface area contributed by atoms with Gasteiger partial charge in [-0.3, -0.25) is 9.69 Å². The van der Waals surface area contributed by atoms with Crippen LogP contribution in [0.5, 0.6) is 5.75 Å². The summed E-state index contributed by atoms with van der Waals surface area (Å²) < 4.78 is 5.76. The minimum atomic E-state index is -0.692. The highest BCUT2D eigenvalue weighted by Crippen LogP contribution is 2.20. The zero-order valence-electron chi connectivity index (χ0n) is 11.3. The van der Waals surface area contributed by atoms with Crippen LogP contribution in [0.25, 0.3) is 0 Å². The SMILES string of the molecule is Cc1ccccc1OCCN1CCC(CC(=O)O)C1. The van der Waals surface area contributed by atoms with Crippen molar-refractivity contribution in [2.75, 3.05) is 26.2 Å². The first kappa shape index (κ1) is 13.9. The third-order valence-electron chi connectivity index (χ3n) is 3.59. The molecular weight excluding hydrogens is 242 g/mol. The van der Waals surface area contributed by atoms with Crippen LogP contribution in [0.15, 0.2) is 24.3 Å². The van der Waals surface area contributed by atoms with Gasteiger partial charge in [-0.25, -0.2) is 0 Å². The minimum Gasteiger partial charge on any atom is -0.492 e. The zero-order valence-corrected chi connectivity index (χ0v) is 11.3. The summed E-state index contributed by atoms with van der Waals surface area (Å²) in [6, 6.07) is 7.99. The van der Waals surface area contributed by atoms with Crippen molar-refractivity contribution < 1.29 is 14.6 Å². The molecule has 1 fully saturated rings. The number of hydrogen-bond acceptors (Lipinski definition) is 3. The molecule has 1 aromatic rings. The Hall–Kier alpha value is -1.55. The van der Waals surface area contributed by atoms with E-state index in [0.29, 0.717) is 12.5 Å². The van der Waals surface area contributed by atoms with E-state index in [2.05, 4.69) is 4.90 Å². The highest BCUT2D eigenvalue weighted by molar-refractivity contribution is 5.67. The van der Waals surface area contributed by atoms with Crippen molar-refractivity contribution in [2.45, 2.75) is 19.8 Å². The summed E-state index contributed by atoms with van der Waals surface area (Å²) in [7, 11) is 0. The summed E-state index contributed by atoms with van der Waals surface area (Å²) in [6.45, 7) is 5.42. The van der Waals surface area contributed by atoms with Gasteiger partial charge in [0.25, 0.3) is 0 Å². The summed E-state index contributed by atoms with van der Waals surface area (Å²) >= 11 is 0. The van der Waals surface area contributed by atoms with Gasteiger partial charge in [-0.15, -0.1) is 0 Å². The van der Waals surface area contributed by atoms with Gasteiger partial charge in [0, 0.05) is 19.5 Å². The van der Waals surface area contributed by atoms with E-state index >= 15 is 0 Å². The summed E-state index contributed by atoms with van der Waals surface area (Å²) in [4.78, 5) is 12.9. The molecule has 4 nitrogen and oxygen atoms in total. The number of carboxylic acid groups (broad SMARTS) is 1. The Labute approximate surface area is 114 Å². The molecule has 0 aliphatic carbocycles. The molecule has 0 amide bonds. The van der Waals surface area contributed by atoms with Crippen molar-refractivity contribution in [2.24, 2.45) is 5.92 Å². The van der Waals surface area contributed by atoms with Crippen LogP contribution in [0.1, 0.15) is 18.4 Å². The fourth-order valence-corrected chi connectivity index (χ4v) is 2.53. The van der Waals surface area contributed by atoms with Crippen LogP contribution < -0.4 is 4.74 Å². The lowest BCUT2D eigenvalue weighted by atomic mass is 10.1. The Bertz CT molecular complexity index is 433. The van der Waals surface area contributed by atoms with Crippen LogP contribution in [0.2, 0.25) is 0 Å². The van der Waals surface area contributed by atoms with E-state index in [1.54, 1.807) is 0 Å². The van der Waals surface area contributed by atoms with Crippen molar-refractivity contribution in [1.82, 2.24) is 4.90 Å². The molecule has 1 saturated heterocycles. The maximum atomic E-state index is 10.7. The van der Waals surface area contributed by atoms with E-state index in [9.17, 15) is 4.79 Å². The van der Waals surface area contributed by atoms with Gasteiger partial charge >= 0.3 is 5.97 Å². The molecule has 1 aliphatic heterocycles. The first-order chi connectivity index (χ1) is 9.15. The molecule has 1 aromatic carbocycles. The maximum absolute atomic E-state index is 10.7. The average Bonchev–Trinajstić information content (AvgIpc) is 2.78. The van der Waals surface area contributed by atoms with Gasteiger partial charge < -0.3 is 9.84 Å². The van der Waals surface area contributed by atoms with Crippen molar-refractivity contribution in [1.29, 1.82) is 0 Å². The lowest BCUT2D eigenvalue weighted by Gasteiger charge is -2.16. The van der Waals surface area contributed by atoms with Gasteiger partial charge in [0.05, 0.1) is 0 Å². The summed E-state index contributed by atoms with van der Waals surface area (Å²) in [6.07, 6.45) is 1.27. The molecule has 19 heavy (non-hydrogen) atoms. The fourth-order valence-electron chi connectivity index (χ4n) is 2.53. The predicted octanol–water partition coefficient (Wildman–Crippen LogP) is 2.17. The fraction of sp³-hybridized carbons (Fsp3) is 0.533. The number of nitrogens with zero attached hydrogens (tertiary/aromatic N) is 1. The summed E-state index contributed by atoms with van der Waals surface area (Å²) in [5, 5.41) is 8.77. The molecule has 104 valence electrons. The monoisotopic (exact) mass is 263 g/mol. The number of para-hydroxylation sites is 1. The maximum Gasteiger partial charge on any atom is 0.303 e. The van der Waals surface area contributed by atoms with Gasteiger partial charge in [-0.2, -0.15) is 0 Å². The Kier molecular flexibility index (Phi) is 4.80. The topological polar surface area (TPSA) is 49.8 Å². The molecule has 0 bridgehead atoms. The Balaban J connectivity index is 1.70.